The molecule has 29 heavy (non-hydrogen) atoms. The quantitative estimate of drug-likeness (QED) is 0.463. The molecule has 0 amide bonds. The van der Waals surface area contributed by atoms with Gasteiger partial charge in [-0.3, -0.25) is 0 Å². The van der Waals surface area contributed by atoms with Crippen LogP contribution in [0.4, 0.5) is 0 Å². The molecular weight excluding hydrogens is 362 g/mol. The Balaban J connectivity index is 1.40. The molecule has 0 aromatic heterocycles. The van der Waals surface area contributed by atoms with Crippen molar-refractivity contribution in [2.45, 2.75) is 57.0 Å². The van der Waals surface area contributed by atoms with Gasteiger partial charge in [0.2, 0.25) is 0 Å². The highest BCUT2D eigenvalue weighted by Gasteiger charge is 2.29. The van der Waals surface area contributed by atoms with Gasteiger partial charge in [0, 0.05) is 0 Å². The molecule has 0 unspecified atom stereocenters. The molecule has 2 aromatic carbocycles. The van der Waals surface area contributed by atoms with Crippen LogP contribution in [-0.4, -0.2) is 38.0 Å². The number of benzene rings is 2. The highest BCUT2D eigenvalue weighted by molar-refractivity contribution is 5.48. The number of hydrogen-bond acceptors (Lipinski definition) is 4. The minimum atomic E-state index is -0.578. The third kappa shape index (κ3) is 6.22. The smallest absolute Gasteiger partial charge is 0.161 e. The number of rotatable bonds is 10. The predicted molar refractivity (Wildman–Crippen MR) is 118 cm³/mol. The van der Waals surface area contributed by atoms with Crippen LogP contribution >= 0.6 is 0 Å². The normalized spacial score (nSPS) is 15.4. The fraction of sp³-hybridized carbons (Fsp3) is 0.520. The molecule has 0 atom stereocenters. The minimum absolute atomic E-state index is 0.578. The van der Waals surface area contributed by atoms with Crippen molar-refractivity contribution in [2.75, 3.05) is 27.3 Å². The van der Waals surface area contributed by atoms with Gasteiger partial charge in [0.15, 0.2) is 11.5 Å². The van der Waals surface area contributed by atoms with E-state index in [9.17, 15) is 5.11 Å². The summed E-state index contributed by atoms with van der Waals surface area (Å²) in [5.41, 5.74) is 3.37. The number of aliphatic hydroxyl groups is 1. The Morgan fingerprint density at radius 3 is 2.07 bits per heavy atom. The summed E-state index contributed by atoms with van der Waals surface area (Å²) in [5, 5.41) is 14.7. The molecule has 4 heteroatoms. The first-order valence-electron chi connectivity index (χ1n) is 10.8. The van der Waals surface area contributed by atoms with E-state index in [0.29, 0.717) is 0 Å². The van der Waals surface area contributed by atoms with Gasteiger partial charge in [0.25, 0.3) is 0 Å². The molecule has 1 aliphatic carbocycles. The third-order valence-electron chi connectivity index (χ3n) is 6.08. The van der Waals surface area contributed by atoms with Crippen LogP contribution in [0.25, 0.3) is 0 Å². The molecule has 0 saturated heterocycles. The zero-order valence-electron chi connectivity index (χ0n) is 17.9. The lowest BCUT2D eigenvalue weighted by atomic mass is 9.89. The molecule has 4 nitrogen and oxygen atoms in total. The molecule has 2 aromatic rings. The Kier molecular flexibility index (Phi) is 7.96. The number of aryl methyl sites for hydroxylation is 3. The Morgan fingerprint density at radius 2 is 1.48 bits per heavy atom. The molecule has 0 heterocycles. The van der Waals surface area contributed by atoms with E-state index in [4.69, 9.17) is 9.47 Å². The van der Waals surface area contributed by atoms with Crippen LogP contribution in [0.1, 0.15) is 48.8 Å². The first-order valence-corrected chi connectivity index (χ1v) is 10.8. The van der Waals surface area contributed by atoms with Crippen molar-refractivity contribution in [1.29, 1.82) is 0 Å². The van der Waals surface area contributed by atoms with Gasteiger partial charge < -0.3 is 19.9 Å². The van der Waals surface area contributed by atoms with Crippen LogP contribution in [0, 0.1) is 0 Å². The van der Waals surface area contributed by atoms with Crippen molar-refractivity contribution in [1.82, 2.24) is 5.32 Å². The van der Waals surface area contributed by atoms with E-state index in [-0.39, 0.29) is 0 Å². The van der Waals surface area contributed by atoms with Crippen LogP contribution in [0.15, 0.2) is 42.5 Å². The summed E-state index contributed by atoms with van der Waals surface area (Å²) in [4.78, 5) is 0. The summed E-state index contributed by atoms with van der Waals surface area (Å²) in [7, 11) is 3.34. The van der Waals surface area contributed by atoms with Crippen molar-refractivity contribution in [3.05, 3.63) is 59.2 Å². The number of methoxy groups -OCH3 is 2. The second kappa shape index (κ2) is 10.7. The lowest BCUT2D eigenvalue weighted by molar-refractivity contribution is 0.0154. The van der Waals surface area contributed by atoms with Gasteiger partial charge in [-0.15, -0.1) is 0 Å². The molecule has 0 saturated carbocycles. The van der Waals surface area contributed by atoms with Crippen LogP contribution in [-0.2, 0) is 19.3 Å². The van der Waals surface area contributed by atoms with E-state index >= 15 is 0 Å². The van der Waals surface area contributed by atoms with Crippen molar-refractivity contribution in [2.24, 2.45) is 0 Å². The zero-order valence-corrected chi connectivity index (χ0v) is 17.9. The SMILES string of the molecule is COc1cc2c(cc1OC)CCC(O)(CCCNCCCc1ccccc1)CC2. The van der Waals surface area contributed by atoms with Gasteiger partial charge in [-0.05, 0) is 93.3 Å². The summed E-state index contributed by atoms with van der Waals surface area (Å²) in [5.74, 6) is 1.55. The fourth-order valence-electron chi connectivity index (χ4n) is 4.27. The van der Waals surface area contributed by atoms with Crippen LogP contribution in [0.3, 0.4) is 0 Å². The average molecular weight is 398 g/mol. The summed E-state index contributed by atoms with van der Waals surface area (Å²) in [6.45, 7) is 1.99. The number of fused-ring (bicyclic) bond motifs is 1. The molecule has 0 bridgehead atoms. The second-order valence-electron chi connectivity index (χ2n) is 8.14. The van der Waals surface area contributed by atoms with E-state index in [1.54, 1.807) is 14.2 Å². The van der Waals surface area contributed by atoms with Crippen molar-refractivity contribution in [3.8, 4) is 11.5 Å². The van der Waals surface area contributed by atoms with Gasteiger partial charge in [-0.1, -0.05) is 30.3 Å². The van der Waals surface area contributed by atoms with E-state index in [1.807, 2.05) is 0 Å². The zero-order chi connectivity index (χ0) is 20.5. The highest BCUT2D eigenvalue weighted by Crippen LogP contribution is 2.37. The van der Waals surface area contributed by atoms with Crippen LogP contribution in [0.5, 0.6) is 11.5 Å². The summed E-state index contributed by atoms with van der Waals surface area (Å²) < 4.78 is 10.9. The molecule has 2 N–H and O–H groups in total. The van der Waals surface area contributed by atoms with Gasteiger partial charge in [0.1, 0.15) is 0 Å². The Bertz CT molecular complexity index is 725. The summed E-state index contributed by atoms with van der Waals surface area (Å²) in [6.07, 6.45) is 7.50. The Labute approximate surface area is 175 Å². The van der Waals surface area contributed by atoms with E-state index in [0.717, 1.165) is 76.0 Å². The lowest BCUT2D eigenvalue weighted by Crippen LogP contribution is -2.30. The summed E-state index contributed by atoms with van der Waals surface area (Å²) >= 11 is 0. The molecule has 158 valence electrons. The maximum Gasteiger partial charge on any atom is 0.161 e. The van der Waals surface area contributed by atoms with Gasteiger partial charge in [-0.25, -0.2) is 0 Å². The van der Waals surface area contributed by atoms with Crippen molar-refractivity contribution < 1.29 is 14.6 Å². The third-order valence-corrected chi connectivity index (χ3v) is 6.08. The second-order valence-corrected chi connectivity index (χ2v) is 8.14. The van der Waals surface area contributed by atoms with E-state index in [2.05, 4.69) is 47.8 Å². The highest BCUT2D eigenvalue weighted by atomic mass is 16.5. The molecule has 0 spiro atoms. The fourth-order valence-corrected chi connectivity index (χ4v) is 4.27. The maximum atomic E-state index is 11.1. The van der Waals surface area contributed by atoms with Gasteiger partial charge >= 0.3 is 0 Å². The number of nitrogens with one attached hydrogen (secondary N) is 1. The Hall–Kier alpha value is -2.04. The largest absolute Gasteiger partial charge is 0.493 e. The average Bonchev–Trinajstić information content (AvgIpc) is 2.92. The van der Waals surface area contributed by atoms with Crippen molar-refractivity contribution in [3.63, 3.8) is 0 Å². The number of hydrogen-bond donors (Lipinski definition) is 2. The number of ether oxygens (including phenoxy) is 2. The molecular formula is C25H35NO3. The standard InChI is InChI=1S/C25H35NO3/c1-28-23-18-21-11-14-25(27,15-12-22(21)19-24(23)29-2)13-7-17-26-16-6-10-20-8-4-3-5-9-20/h3-5,8-9,18-19,26-27H,6-7,10-17H2,1-2H3. The lowest BCUT2D eigenvalue weighted by Gasteiger charge is -2.26. The first-order chi connectivity index (χ1) is 14.1. The predicted octanol–water partition coefficient (Wildman–Crippen LogP) is 4.32. The van der Waals surface area contributed by atoms with E-state index < -0.39 is 5.60 Å². The summed E-state index contributed by atoms with van der Waals surface area (Å²) in [6, 6.07) is 14.8. The monoisotopic (exact) mass is 397 g/mol. The molecule has 0 fully saturated rings. The maximum absolute atomic E-state index is 11.1. The van der Waals surface area contributed by atoms with Crippen LogP contribution < -0.4 is 14.8 Å². The first kappa shape index (κ1) is 21.7. The minimum Gasteiger partial charge on any atom is -0.493 e. The van der Waals surface area contributed by atoms with Gasteiger partial charge in [-0.2, -0.15) is 0 Å². The van der Waals surface area contributed by atoms with Gasteiger partial charge in [0.05, 0.1) is 19.8 Å². The van der Waals surface area contributed by atoms with Crippen LogP contribution in [0.2, 0.25) is 0 Å². The topological polar surface area (TPSA) is 50.7 Å². The molecule has 0 radical (unpaired) electrons. The Morgan fingerprint density at radius 1 is 0.897 bits per heavy atom. The molecule has 3 rings (SSSR count). The molecule has 1 aliphatic rings. The molecule has 0 aliphatic heterocycles. The van der Waals surface area contributed by atoms with Crippen molar-refractivity contribution >= 4 is 0 Å². The van der Waals surface area contributed by atoms with E-state index in [1.165, 1.54) is 16.7 Å².